The van der Waals surface area contributed by atoms with E-state index in [2.05, 4.69) is 32.9 Å². The topological polar surface area (TPSA) is 44.8 Å². The molecular formula is C35H65O4P. The molecule has 0 atom stereocenters. The highest BCUT2D eigenvalue weighted by Crippen LogP contribution is 2.50. The van der Waals surface area contributed by atoms with Crippen LogP contribution in [0, 0.1) is 0 Å². The van der Waals surface area contributed by atoms with Gasteiger partial charge in [-0.2, -0.15) is 0 Å². The zero-order valence-electron chi connectivity index (χ0n) is 26.8. The van der Waals surface area contributed by atoms with E-state index < -0.39 is 7.82 Å². The van der Waals surface area contributed by atoms with Crippen LogP contribution in [0.4, 0.5) is 0 Å². The number of phosphoric ester groups is 1. The Morgan fingerprint density at radius 2 is 0.825 bits per heavy atom. The van der Waals surface area contributed by atoms with Crippen LogP contribution in [0.3, 0.4) is 0 Å². The quantitative estimate of drug-likeness (QED) is 0.0670. The lowest BCUT2D eigenvalue weighted by Crippen LogP contribution is -2.05. The molecule has 0 aliphatic heterocycles. The second kappa shape index (κ2) is 27.0. The molecule has 0 N–H and O–H groups in total. The van der Waals surface area contributed by atoms with Crippen LogP contribution in [0.15, 0.2) is 24.3 Å². The first-order valence-corrected chi connectivity index (χ1v) is 18.8. The van der Waals surface area contributed by atoms with Gasteiger partial charge >= 0.3 is 7.82 Å². The summed E-state index contributed by atoms with van der Waals surface area (Å²) in [6, 6.07) is 8.02. The molecule has 0 aromatic heterocycles. The summed E-state index contributed by atoms with van der Waals surface area (Å²) in [6.07, 6.45) is 29.7. The second-order valence-corrected chi connectivity index (χ2v) is 13.3. The van der Waals surface area contributed by atoms with Gasteiger partial charge in [0.1, 0.15) is 5.75 Å². The smallest absolute Gasteiger partial charge is 0.404 e. The molecule has 0 radical (unpaired) electrons. The van der Waals surface area contributed by atoms with E-state index in [9.17, 15) is 4.57 Å². The predicted octanol–water partition coefficient (Wildman–Crippen LogP) is 12.8. The first-order valence-electron chi connectivity index (χ1n) is 17.3. The maximum absolute atomic E-state index is 13.5. The molecule has 0 aliphatic carbocycles. The molecule has 1 aromatic rings. The van der Waals surface area contributed by atoms with E-state index in [0.29, 0.717) is 19.0 Å². The van der Waals surface area contributed by atoms with Crippen LogP contribution in [0.1, 0.15) is 174 Å². The summed E-state index contributed by atoms with van der Waals surface area (Å²) < 4.78 is 31.1. The Morgan fingerprint density at radius 3 is 1.23 bits per heavy atom. The van der Waals surface area contributed by atoms with Crippen molar-refractivity contribution in [3.8, 4) is 5.75 Å². The maximum atomic E-state index is 13.5. The summed E-state index contributed by atoms with van der Waals surface area (Å²) in [4.78, 5) is 0. The van der Waals surface area contributed by atoms with Crippen LogP contribution < -0.4 is 4.52 Å². The third-order valence-corrected chi connectivity index (χ3v) is 9.14. The van der Waals surface area contributed by atoms with Crippen LogP contribution in [0.5, 0.6) is 5.75 Å². The van der Waals surface area contributed by atoms with E-state index in [1.807, 2.05) is 12.1 Å². The van der Waals surface area contributed by atoms with Gasteiger partial charge in [0.25, 0.3) is 0 Å². The third kappa shape index (κ3) is 21.9. The minimum Gasteiger partial charge on any atom is -0.404 e. The molecule has 0 amide bonds. The molecule has 0 aliphatic rings. The molecule has 0 saturated heterocycles. The Bertz CT molecular complexity index is 680. The van der Waals surface area contributed by atoms with Gasteiger partial charge in [-0.15, -0.1) is 0 Å². The van der Waals surface area contributed by atoms with Crippen LogP contribution in [-0.2, 0) is 20.0 Å². The minimum atomic E-state index is -3.64. The molecule has 0 unspecified atom stereocenters. The van der Waals surface area contributed by atoms with Crippen LogP contribution in [-0.4, -0.2) is 13.2 Å². The molecule has 4 nitrogen and oxygen atoms in total. The zero-order chi connectivity index (χ0) is 29.0. The van der Waals surface area contributed by atoms with Gasteiger partial charge in [-0.05, 0) is 43.4 Å². The van der Waals surface area contributed by atoms with E-state index in [1.54, 1.807) is 0 Å². The lowest BCUT2D eigenvalue weighted by Gasteiger charge is -2.19. The number of hydrogen-bond acceptors (Lipinski definition) is 4. The molecule has 1 rings (SSSR count). The SMILES string of the molecule is CCCCCCCCCCOP(=O)(OCCCCCCCCCC)Oc1ccc(CCCCCCCCC)cc1. The Labute approximate surface area is 249 Å². The summed E-state index contributed by atoms with van der Waals surface area (Å²) >= 11 is 0. The Morgan fingerprint density at radius 1 is 0.475 bits per heavy atom. The van der Waals surface area contributed by atoms with Gasteiger partial charge in [0.05, 0.1) is 13.2 Å². The van der Waals surface area contributed by atoms with E-state index >= 15 is 0 Å². The average molecular weight is 581 g/mol. The third-order valence-electron chi connectivity index (χ3n) is 7.70. The fourth-order valence-corrected chi connectivity index (χ4v) is 6.31. The number of unbranched alkanes of at least 4 members (excludes halogenated alkanes) is 20. The molecule has 40 heavy (non-hydrogen) atoms. The summed E-state index contributed by atoms with van der Waals surface area (Å²) in [5.74, 6) is 0.568. The van der Waals surface area contributed by atoms with E-state index in [4.69, 9.17) is 13.6 Å². The molecule has 5 heteroatoms. The van der Waals surface area contributed by atoms with Crippen LogP contribution in [0.25, 0.3) is 0 Å². The molecule has 234 valence electrons. The van der Waals surface area contributed by atoms with Gasteiger partial charge in [0, 0.05) is 0 Å². The molecule has 0 saturated carbocycles. The summed E-state index contributed by atoms with van der Waals surface area (Å²) in [6.45, 7) is 7.60. The molecule has 0 spiro atoms. The van der Waals surface area contributed by atoms with Crippen molar-refractivity contribution in [3.05, 3.63) is 29.8 Å². The first-order chi connectivity index (χ1) is 19.6. The maximum Gasteiger partial charge on any atom is 0.530 e. The van der Waals surface area contributed by atoms with Crippen LogP contribution in [0.2, 0.25) is 0 Å². The Balaban J connectivity index is 2.44. The number of rotatable bonds is 30. The lowest BCUT2D eigenvalue weighted by atomic mass is 10.0. The lowest BCUT2D eigenvalue weighted by molar-refractivity contribution is 0.150. The Hall–Kier alpha value is -0.830. The molecule has 0 fully saturated rings. The molecule has 0 heterocycles. The van der Waals surface area contributed by atoms with Crippen molar-refractivity contribution >= 4 is 7.82 Å². The molecule has 0 bridgehead atoms. The van der Waals surface area contributed by atoms with E-state index in [1.165, 1.54) is 128 Å². The first kappa shape index (κ1) is 37.2. The molecule has 1 aromatic carbocycles. The monoisotopic (exact) mass is 580 g/mol. The summed E-state index contributed by atoms with van der Waals surface area (Å²) in [5, 5.41) is 0. The number of phosphoric acid groups is 1. The number of hydrogen-bond donors (Lipinski definition) is 0. The standard InChI is InChI=1S/C35H65O4P/c1-4-7-10-13-16-19-22-25-32-37-40(36,38-33-26-23-20-17-14-11-8-5-2)39-35-30-28-34(29-31-35)27-24-21-18-15-12-9-6-3/h28-31H,4-27,32-33H2,1-3H3. The summed E-state index contributed by atoms with van der Waals surface area (Å²) in [5.41, 5.74) is 1.30. The second-order valence-electron chi connectivity index (χ2n) is 11.7. The van der Waals surface area contributed by atoms with Gasteiger partial charge in [0.2, 0.25) is 0 Å². The van der Waals surface area contributed by atoms with Crippen molar-refractivity contribution in [2.45, 2.75) is 175 Å². The number of aryl methyl sites for hydroxylation is 1. The van der Waals surface area contributed by atoms with E-state index in [-0.39, 0.29) is 0 Å². The normalized spacial score (nSPS) is 11.8. The van der Waals surface area contributed by atoms with Gasteiger partial charge in [-0.1, -0.05) is 161 Å². The van der Waals surface area contributed by atoms with Crippen molar-refractivity contribution in [1.82, 2.24) is 0 Å². The van der Waals surface area contributed by atoms with Gasteiger partial charge in [-0.3, -0.25) is 9.05 Å². The van der Waals surface area contributed by atoms with Crippen molar-refractivity contribution < 1.29 is 18.1 Å². The van der Waals surface area contributed by atoms with Crippen molar-refractivity contribution in [1.29, 1.82) is 0 Å². The number of benzene rings is 1. The fourth-order valence-electron chi connectivity index (χ4n) is 5.05. The van der Waals surface area contributed by atoms with Crippen molar-refractivity contribution in [3.63, 3.8) is 0 Å². The predicted molar refractivity (Wildman–Crippen MR) is 173 cm³/mol. The average Bonchev–Trinajstić information content (AvgIpc) is 2.96. The fraction of sp³-hybridized carbons (Fsp3) is 0.829. The van der Waals surface area contributed by atoms with E-state index in [0.717, 1.165) is 32.1 Å². The van der Waals surface area contributed by atoms with Crippen molar-refractivity contribution in [2.75, 3.05) is 13.2 Å². The van der Waals surface area contributed by atoms with Gasteiger partial charge in [-0.25, -0.2) is 4.57 Å². The highest BCUT2D eigenvalue weighted by Gasteiger charge is 2.28. The van der Waals surface area contributed by atoms with Gasteiger partial charge in [0.15, 0.2) is 0 Å². The Kier molecular flexibility index (Phi) is 25.1. The van der Waals surface area contributed by atoms with Crippen molar-refractivity contribution in [2.24, 2.45) is 0 Å². The summed E-state index contributed by atoms with van der Waals surface area (Å²) in [7, 11) is -3.64. The molecular weight excluding hydrogens is 515 g/mol. The highest BCUT2D eigenvalue weighted by molar-refractivity contribution is 7.48. The largest absolute Gasteiger partial charge is 0.530 e. The highest BCUT2D eigenvalue weighted by atomic mass is 31.2. The zero-order valence-corrected chi connectivity index (χ0v) is 27.7. The minimum absolute atomic E-state index is 0.417. The van der Waals surface area contributed by atoms with Gasteiger partial charge < -0.3 is 4.52 Å². The van der Waals surface area contributed by atoms with Crippen LogP contribution >= 0.6 is 7.82 Å².